The lowest BCUT2D eigenvalue weighted by molar-refractivity contribution is -0.139. The molecule has 5 heteroatoms. The molecule has 0 aliphatic carbocycles. The Morgan fingerprint density at radius 2 is 1.67 bits per heavy atom. The van der Waals surface area contributed by atoms with Gasteiger partial charge in [-0.05, 0) is 39.0 Å². The van der Waals surface area contributed by atoms with Gasteiger partial charge in [-0.3, -0.25) is 0 Å². The normalized spacial score (nSPS) is 13.9. The zero-order valence-corrected chi connectivity index (χ0v) is 12.2. The average Bonchev–Trinajstić information content (AvgIpc) is 2.06. The first-order chi connectivity index (χ1) is 7.91. The molecule has 0 aromatic heterocycles. The first-order valence-electron chi connectivity index (χ1n) is 6.13. The van der Waals surface area contributed by atoms with E-state index in [0.717, 1.165) is 0 Å². The van der Waals surface area contributed by atoms with E-state index in [4.69, 9.17) is 9.84 Å². The topological polar surface area (TPSA) is 75.6 Å². The predicted molar refractivity (Wildman–Crippen MR) is 69.5 cm³/mol. The van der Waals surface area contributed by atoms with Crippen LogP contribution >= 0.6 is 0 Å². The average molecular weight is 259 g/mol. The molecular weight excluding hydrogens is 234 g/mol. The second-order valence-electron chi connectivity index (χ2n) is 6.64. The van der Waals surface area contributed by atoms with Crippen LogP contribution in [0, 0.1) is 5.41 Å². The van der Waals surface area contributed by atoms with Crippen LogP contribution in [0.15, 0.2) is 0 Å². The molecule has 0 heterocycles. The summed E-state index contributed by atoms with van der Waals surface area (Å²) < 4.78 is 5.04. The van der Waals surface area contributed by atoms with Crippen molar-refractivity contribution in [2.45, 2.75) is 66.0 Å². The molecule has 0 aliphatic heterocycles. The molecule has 1 atom stereocenters. The van der Waals surface area contributed by atoms with Gasteiger partial charge in [0.15, 0.2) is 0 Å². The van der Waals surface area contributed by atoms with Gasteiger partial charge in [-0.15, -0.1) is 0 Å². The SMILES string of the molecule is CC(C)(C)CC[C@H](NC(=O)OC(C)(C)C)C(=O)O. The fraction of sp³-hybridized carbons (Fsp3) is 0.846. The van der Waals surface area contributed by atoms with Crippen LogP contribution in [-0.4, -0.2) is 28.8 Å². The minimum Gasteiger partial charge on any atom is -0.480 e. The molecule has 18 heavy (non-hydrogen) atoms. The summed E-state index contributed by atoms with van der Waals surface area (Å²) in [5, 5.41) is 11.4. The predicted octanol–water partition coefficient (Wildman–Crippen LogP) is 2.79. The van der Waals surface area contributed by atoms with Crippen LogP contribution in [0.5, 0.6) is 0 Å². The van der Waals surface area contributed by atoms with Gasteiger partial charge in [0.25, 0.3) is 0 Å². The van der Waals surface area contributed by atoms with Crippen molar-refractivity contribution in [3.05, 3.63) is 0 Å². The minimum atomic E-state index is -1.04. The Balaban J connectivity index is 4.37. The number of carbonyl (C=O) groups excluding carboxylic acids is 1. The first kappa shape index (κ1) is 16.7. The number of carbonyl (C=O) groups is 2. The fourth-order valence-electron chi connectivity index (χ4n) is 1.28. The van der Waals surface area contributed by atoms with Crippen molar-refractivity contribution in [1.29, 1.82) is 0 Å². The number of nitrogens with one attached hydrogen (secondary N) is 1. The Labute approximate surface area is 109 Å². The highest BCUT2D eigenvalue weighted by atomic mass is 16.6. The third kappa shape index (κ3) is 8.84. The van der Waals surface area contributed by atoms with Gasteiger partial charge < -0.3 is 15.2 Å². The van der Waals surface area contributed by atoms with Gasteiger partial charge >= 0.3 is 12.1 Å². The third-order valence-electron chi connectivity index (χ3n) is 2.17. The minimum absolute atomic E-state index is 0.0311. The second kappa shape index (κ2) is 6.07. The molecule has 0 bridgehead atoms. The number of hydrogen-bond donors (Lipinski definition) is 2. The van der Waals surface area contributed by atoms with Crippen molar-refractivity contribution in [2.75, 3.05) is 0 Å². The van der Waals surface area contributed by atoms with Crippen molar-refractivity contribution in [3.8, 4) is 0 Å². The highest BCUT2D eigenvalue weighted by Gasteiger charge is 2.25. The second-order valence-corrected chi connectivity index (χ2v) is 6.64. The van der Waals surface area contributed by atoms with Gasteiger partial charge in [0.2, 0.25) is 0 Å². The van der Waals surface area contributed by atoms with E-state index in [2.05, 4.69) is 5.32 Å². The molecule has 0 aliphatic rings. The highest BCUT2D eigenvalue weighted by molar-refractivity contribution is 5.79. The Morgan fingerprint density at radius 1 is 1.17 bits per heavy atom. The summed E-state index contributed by atoms with van der Waals surface area (Å²) in [6.07, 6.45) is 0.404. The van der Waals surface area contributed by atoms with Crippen LogP contribution in [0.3, 0.4) is 0 Å². The van der Waals surface area contributed by atoms with Crippen LogP contribution in [0.4, 0.5) is 4.79 Å². The van der Waals surface area contributed by atoms with Crippen molar-refractivity contribution in [3.63, 3.8) is 0 Å². The van der Waals surface area contributed by atoms with Gasteiger partial charge in [-0.25, -0.2) is 9.59 Å². The van der Waals surface area contributed by atoms with Crippen LogP contribution in [0.25, 0.3) is 0 Å². The lowest BCUT2D eigenvalue weighted by atomic mass is 9.89. The summed E-state index contributed by atoms with van der Waals surface area (Å²) in [4.78, 5) is 22.5. The molecule has 0 fully saturated rings. The fourth-order valence-corrected chi connectivity index (χ4v) is 1.28. The lowest BCUT2D eigenvalue weighted by Crippen LogP contribution is -2.43. The zero-order valence-electron chi connectivity index (χ0n) is 12.2. The van der Waals surface area contributed by atoms with Gasteiger partial charge in [-0.2, -0.15) is 0 Å². The molecule has 0 saturated carbocycles. The quantitative estimate of drug-likeness (QED) is 0.814. The van der Waals surface area contributed by atoms with Crippen molar-refractivity contribution in [1.82, 2.24) is 5.32 Å². The largest absolute Gasteiger partial charge is 0.480 e. The van der Waals surface area contributed by atoms with E-state index < -0.39 is 23.7 Å². The van der Waals surface area contributed by atoms with E-state index in [1.807, 2.05) is 20.8 Å². The zero-order chi connectivity index (χ0) is 14.6. The molecular formula is C13H25NO4. The summed E-state index contributed by atoms with van der Waals surface area (Å²) in [6.45, 7) is 11.3. The number of alkyl carbamates (subject to hydrolysis) is 1. The first-order valence-corrected chi connectivity index (χ1v) is 6.13. The Kier molecular flexibility index (Phi) is 5.64. The van der Waals surface area contributed by atoms with E-state index in [0.29, 0.717) is 12.8 Å². The maximum Gasteiger partial charge on any atom is 0.408 e. The third-order valence-corrected chi connectivity index (χ3v) is 2.17. The Morgan fingerprint density at radius 3 is 2.00 bits per heavy atom. The van der Waals surface area contributed by atoms with Crippen LogP contribution < -0.4 is 5.32 Å². The molecule has 5 nitrogen and oxygen atoms in total. The molecule has 1 amide bonds. The number of amides is 1. The number of aliphatic carboxylic acids is 1. The molecule has 0 unspecified atom stereocenters. The Hall–Kier alpha value is -1.26. The maximum absolute atomic E-state index is 11.5. The highest BCUT2D eigenvalue weighted by Crippen LogP contribution is 2.21. The number of ether oxygens (including phenoxy) is 1. The molecule has 0 aromatic rings. The number of rotatable bonds is 4. The smallest absolute Gasteiger partial charge is 0.408 e. The molecule has 0 rings (SSSR count). The van der Waals surface area contributed by atoms with Gasteiger partial charge in [0, 0.05) is 0 Å². The Bertz CT molecular complexity index is 299. The van der Waals surface area contributed by atoms with E-state index in [1.54, 1.807) is 20.8 Å². The van der Waals surface area contributed by atoms with E-state index in [1.165, 1.54) is 0 Å². The van der Waals surface area contributed by atoms with E-state index in [-0.39, 0.29) is 5.41 Å². The molecule has 0 aromatic carbocycles. The van der Waals surface area contributed by atoms with Gasteiger partial charge in [0.1, 0.15) is 11.6 Å². The van der Waals surface area contributed by atoms with Crippen molar-refractivity contribution < 1.29 is 19.4 Å². The standard InChI is InChI=1S/C13H25NO4/c1-12(2,3)8-7-9(10(15)16)14-11(17)18-13(4,5)6/h9H,7-8H2,1-6H3,(H,14,17)(H,15,16)/t9-/m0/s1. The molecule has 0 spiro atoms. The summed E-state index contributed by atoms with van der Waals surface area (Å²) >= 11 is 0. The van der Waals surface area contributed by atoms with Crippen molar-refractivity contribution >= 4 is 12.1 Å². The van der Waals surface area contributed by atoms with Gasteiger partial charge in [-0.1, -0.05) is 20.8 Å². The molecule has 0 saturated heterocycles. The maximum atomic E-state index is 11.5. The van der Waals surface area contributed by atoms with E-state index >= 15 is 0 Å². The summed E-state index contributed by atoms with van der Waals surface area (Å²) in [5.74, 6) is -1.04. The van der Waals surface area contributed by atoms with Gasteiger partial charge in [0.05, 0.1) is 0 Å². The number of carboxylic acid groups (broad SMARTS) is 1. The molecule has 106 valence electrons. The number of carboxylic acids is 1. The molecule has 0 radical (unpaired) electrons. The molecule has 2 N–H and O–H groups in total. The van der Waals surface area contributed by atoms with Crippen molar-refractivity contribution in [2.24, 2.45) is 5.41 Å². The summed E-state index contributed by atoms with van der Waals surface area (Å²) in [6, 6.07) is -0.904. The van der Waals surface area contributed by atoms with Crippen LogP contribution in [0.1, 0.15) is 54.4 Å². The van der Waals surface area contributed by atoms with Crippen LogP contribution in [0.2, 0.25) is 0 Å². The number of hydrogen-bond acceptors (Lipinski definition) is 3. The summed E-state index contributed by atoms with van der Waals surface area (Å²) in [7, 11) is 0. The van der Waals surface area contributed by atoms with Crippen LogP contribution in [-0.2, 0) is 9.53 Å². The van der Waals surface area contributed by atoms with E-state index in [9.17, 15) is 9.59 Å². The summed E-state index contributed by atoms with van der Waals surface area (Å²) in [5.41, 5.74) is -0.597. The monoisotopic (exact) mass is 259 g/mol. The lowest BCUT2D eigenvalue weighted by Gasteiger charge is -2.24.